The van der Waals surface area contributed by atoms with Gasteiger partial charge in [0.2, 0.25) is 0 Å². The summed E-state index contributed by atoms with van der Waals surface area (Å²) in [5, 5.41) is 0. The van der Waals surface area contributed by atoms with E-state index in [1.54, 1.807) is 0 Å². The summed E-state index contributed by atoms with van der Waals surface area (Å²) < 4.78 is 31.6. The molecule has 0 heterocycles. The summed E-state index contributed by atoms with van der Waals surface area (Å²) >= 11 is 0. The number of urea groups is 2. The molecule has 108 valence electrons. The summed E-state index contributed by atoms with van der Waals surface area (Å²) in [7, 11) is -4.67. The molecule has 0 unspecified atom stereocenters. The second-order valence-corrected chi connectivity index (χ2v) is 2.62. The highest BCUT2D eigenvalue weighted by atomic mass is 32.3. The number of rotatable bonds is 0. The molecule has 0 aromatic heterocycles. The number of hydrogen-bond donors (Lipinski definition) is 7. The molecule has 0 radical (unpaired) electrons. The molecule has 0 atom stereocenters. The van der Waals surface area contributed by atoms with Gasteiger partial charge in [0.25, 0.3) is 0 Å². The van der Waals surface area contributed by atoms with E-state index in [0.717, 1.165) is 0 Å². The fourth-order valence-corrected chi connectivity index (χ4v) is 0.127. The lowest BCUT2D eigenvalue weighted by atomic mass is 11.0. The monoisotopic (exact) mass is 290 g/mol. The van der Waals surface area contributed by atoms with E-state index in [9.17, 15) is 4.79 Å². The molecule has 0 bridgehead atoms. The Morgan fingerprint density at radius 1 is 0.944 bits per heavy atom. The van der Waals surface area contributed by atoms with Crippen molar-refractivity contribution in [1.29, 1.82) is 0 Å². The van der Waals surface area contributed by atoms with Crippen molar-refractivity contribution in [3.63, 3.8) is 0 Å². The highest BCUT2D eigenvalue weighted by Crippen LogP contribution is 1.60. The summed E-state index contributed by atoms with van der Waals surface area (Å²) in [6.45, 7) is 2.00. The molecule has 0 aliphatic rings. The Labute approximate surface area is 102 Å². The first kappa shape index (κ1) is 24.7. The summed E-state index contributed by atoms with van der Waals surface area (Å²) in [4.78, 5) is 29.6. The van der Waals surface area contributed by atoms with Crippen LogP contribution < -0.4 is 28.7 Å². The van der Waals surface area contributed by atoms with E-state index >= 15 is 0 Å². The minimum atomic E-state index is -4.67. The third-order valence-corrected chi connectivity index (χ3v) is 0.239. The van der Waals surface area contributed by atoms with Crippen molar-refractivity contribution in [2.75, 3.05) is 0 Å². The number of hydrogen-bond acceptors (Lipinski definition) is 5. The molecule has 0 saturated carbocycles. The van der Waals surface area contributed by atoms with Gasteiger partial charge in [0, 0.05) is 0 Å². The lowest BCUT2D eigenvalue weighted by Crippen LogP contribution is -2.25. The molecule has 0 aromatic carbocycles. The van der Waals surface area contributed by atoms with Crippen molar-refractivity contribution in [3.05, 3.63) is 0 Å². The van der Waals surface area contributed by atoms with Gasteiger partial charge in [0.15, 0.2) is 5.96 Å². The maximum atomic E-state index is 9.68. The van der Waals surface area contributed by atoms with E-state index in [2.05, 4.69) is 22.2 Å². The van der Waals surface area contributed by atoms with Crippen molar-refractivity contribution in [1.82, 2.24) is 0 Å². The second kappa shape index (κ2) is 14.5. The first-order valence-electron chi connectivity index (χ1n) is 3.29. The van der Waals surface area contributed by atoms with E-state index in [4.69, 9.17) is 38.6 Å². The average molecular weight is 290 g/mol. The average Bonchev–Trinajstić information content (AvgIpc) is 2.00. The van der Waals surface area contributed by atoms with Crippen LogP contribution in [0.1, 0.15) is 0 Å². The Bertz CT molecular complexity index is 348. The largest absolute Gasteiger partial charge is 0.394 e. The third-order valence-electron chi connectivity index (χ3n) is 0.239. The van der Waals surface area contributed by atoms with Gasteiger partial charge in [-0.2, -0.15) is 13.4 Å². The van der Waals surface area contributed by atoms with Gasteiger partial charge in [-0.25, -0.2) is 9.59 Å². The van der Waals surface area contributed by atoms with Crippen LogP contribution in [-0.2, 0) is 15.2 Å². The van der Waals surface area contributed by atoms with Gasteiger partial charge in [0.05, 0.1) is 0 Å². The SMILES string of the molecule is C=O.NC(=O)N=C(N)N.NC(N)=O.O=S(=O)(O)O. The van der Waals surface area contributed by atoms with Crippen LogP contribution in [0.5, 0.6) is 0 Å². The number of carbonyl (C=O) groups is 3. The number of nitrogens with zero attached hydrogens (tertiary/aromatic N) is 1. The van der Waals surface area contributed by atoms with E-state index in [-0.39, 0.29) is 5.96 Å². The maximum absolute atomic E-state index is 9.68. The predicted molar refractivity (Wildman–Crippen MR) is 60.5 cm³/mol. The Balaban J connectivity index is -0.0000000791. The maximum Gasteiger partial charge on any atom is 0.394 e. The van der Waals surface area contributed by atoms with Gasteiger partial charge >= 0.3 is 22.5 Å². The van der Waals surface area contributed by atoms with Crippen molar-refractivity contribution in [2.24, 2.45) is 33.7 Å². The van der Waals surface area contributed by atoms with Crippen LogP contribution in [0.2, 0.25) is 0 Å². The molecule has 4 amide bonds. The molecular formula is C4H14N6O7S. The number of aliphatic imine (C=N–C) groups is 1. The highest BCUT2D eigenvalue weighted by molar-refractivity contribution is 7.79. The number of carbonyl (C=O) groups excluding carboxylic acids is 3. The molecule has 0 rings (SSSR count). The number of guanidine groups is 1. The third kappa shape index (κ3) is 888. The standard InChI is InChI=1S/C2H6N4O.CH4N2O.CH2O.H2O4S/c3-1(4)6-2(5)7;2-1(3)4;1-2;1-5(2,3)4/h(H6,3,4,5,6,7);(H4,2,3,4);1H2;(H2,1,2,3,4). The molecular weight excluding hydrogens is 276 g/mol. The Hall–Kier alpha value is -2.45. The van der Waals surface area contributed by atoms with Gasteiger partial charge in [-0.3, -0.25) is 9.11 Å². The van der Waals surface area contributed by atoms with Crippen LogP contribution in [0.15, 0.2) is 4.99 Å². The first-order valence-corrected chi connectivity index (χ1v) is 4.68. The van der Waals surface area contributed by atoms with Crippen molar-refractivity contribution in [2.45, 2.75) is 0 Å². The lowest BCUT2D eigenvalue weighted by Gasteiger charge is -1.82. The highest BCUT2D eigenvalue weighted by Gasteiger charge is 1.84. The molecule has 14 heteroatoms. The minimum absolute atomic E-state index is 0.312. The molecule has 12 N–H and O–H groups in total. The van der Waals surface area contributed by atoms with Gasteiger partial charge in [-0.15, -0.1) is 0 Å². The van der Waals surface area contributed by atoms with E-state index in [1.165, 1.54) is 0 Å². The normalized spacial score (nSPS) is 7.67. The fourth-order valence-electron chi connectivity index (χ4n) is 0.127. The fraction of sp³-hybridized carbons (Fsp3) is 0. The van der Waals surface area contributed by atoms with Crippen LogP contribution in [0.4, 0.5) is 9.59 Å². The molecule has 0 aromatic rings. The van der Waals surface area contributed by atoms with E-state index in [0.29, 0.717) is 0 Å². The van der Waals surface area contributed by atoms with Crippen molar-refractivity contribution < 1.29 is 31.9 Å². The summed E-state index contributed by atoms with van der Waals surface area (Å²) in [5.41, 5.74) is 22.4. The van der Waals surface area contributed by atoms with Crippen LogP contribution in [0.3, 0.4) is 0 Å². The Kier molecular flexibility index (Phi) is 19.9. The summed E-state index contributed by atoms with van der Waals surface area (Å²) in [5.74, 6) is -0.312. The van der Waals surface area contributed by atoms with Gasteiger partial charge in [-0.1, -0.05) is 0 Å². The zero-order valence-corrected chi connectivity index (χ0v) is 9.70. The molecule has 0 aliphatic heterocycles. The number of primary amides is 3. The first-order chi connectivity index (χ1) is 7.86. The molecule has 18 heavy (non-hydrogen) atoms. The lowest BCUT2D eigenvalue weighted by molar-refractivity contribution is -0.0980. The minimum Gasteiger partial charge on any atom is -0.370 e. The second-order valence-electron chi connectivity index (χ2n) is 1.73. The Morgan fingerprint density at radius 3 is 1.11 bits per heavy atom. The molecule has 0 saturated heterocycles. The predicted octanol–water partition coefficient (Wildman–Crippen LogP) is -3.48. The Morgan fingerprint density at radius 2 is 1.11 bits per heavy atom. The molecule has 13 nitrogen and oxygen atoms in total. The van der Waals surface area contributed by atoms with Crippen LogP contribution >= 0.6 is 0 Å². The van der Waals surface area contributed by atoms with Gasteiger partial charge in [0.1, 0.15) is 6.79 Å². The quantitative estimate of drug-likeness (QED) is 0.132. The summed E-state index contributed by atoms with van der Waals surface area (Å²) in [6, 6.07) is -1.71. The zero-order valence-electron chi connectivity index (χ0n) is 8.88. The van der Waals surface area contributed by atoms with Crippen molar-refractivity contribution in [3.8, 4) is 0 Å². The molecule has 0 spiro atoms. The van der Waals surface area contributed by atoms with Gasteiger partial charge in [-0.05, 0) is 0 Å². The number of nitrogens with two attached hydrogens (primary N) is 5. The molecule has 0 aliphatic carbocycles. The van der Waals surface area contributed by atoms with Crippen LogP contribution in [0.25, 0.3) is 0 Å². The summed E-state index contributed by atoms with van der Waals surface area (Å²) in [6.07, 6.45) is 0. The number of amides is 4. The van der Waals surface area contributed by atoms with E-state index < -0.39 is 22.5 Å². The topological polar surface area (TPSA) is 268 Å². The van der Waals surface area contributed by atoms with E-state index in [1.807, 2.05) is 6.79 Å². The van der Waals surface area contributed by atoms with Crippen LogP contribution in [0, 0.1) is 0 Å². The smallest absolute Gasteiger partial charge is 0.370 e. The van der Waals surface area contributed by atoms with Gasteiger partial charge < -0.3 is 33.5 Å². The van der Waals surface area contributed by atoms with Crippen LogP contribution in [-0.4, -0.2) is 42.3 Å². The zero-order chi connectivity index (χ0) is 15.9. The molecule has 0 fully saturated rings. The van der Waals surface area contributed by atoms with Crippen molar-refractivity contribution >= 4 is 35.2 Å².